The molecule has 0 aromatic heterocycles. The van der Waals surface area contributed by atoms with Gasteiger partial charge in [0.25, 0.3) is 0 Å². The summed E-state index contributed by atoms with van der Waals surface area (Å²) in [5, 5.41) is 87.1. The summed E-state index contributed by atoms with van der Waals surface area (Å²) in [6, 6.07) is -0.958. The number of aliphatic hydroxyl groups excluding tert-OH is 8. The van der Waals surface area contributed by atoms with E-state index in [1.807, 2.05) is 6.08 Å². The molecule has 0 spiro atoms. The predicted molar refractivity (Wildman–Crippen MR) is 318 cm³/mol. The number of carbonyl (C=O) groups is 1. The molecule has 0 radical (unpaired) electrons. The average Bonchev–Trinajstić information content (AvgIpc) is 3.46. The Bertz CT molecular complexity index is 1790. The molecule has 0 bridgehead atoms. The summed E-state index contributed by atoms with van der Waals surface area (Å²) >= 11 is 0. The molecule has 2 fully saturated rings. The average molecular weight is 1110 g/mol. The van der Waals surface area contributed by atoms with Crippen LogP contribution < -0.4 is 5.32 Å². The molecule has 2 aliphatic rings. The summed E-state index contributed by atoms with van der Waals surface area (Å²) in [6.45, 7) is 2.62. The zero-order chi connectivity index (χ0) is 57.4. The van der Waals surface area contributed by atoms with Crippen LogP contribution in [0.15, 0.2) is 122 Å². The molecule has 450 valence electrons. The number of unbranched alkanes of at least 4 members (excludes halogenated alkanes) is 15. The molecule has 0 aromatic rings. The lowest BCUT2D eigenvalue weighted by atomic mass is 9.97. The third-order valence-electron chi connectivity index (χ3n) is 13.9. The van der Waals surface area contributed by atoms with Gasteiger partial charge in [0, 0.05) is 6.42 Å². The molecule has 0 aromatic carbocycles. The Morgan fingerprint density at radius 2 is 0.886 bits per heavy atom. The van der Waals surface area contributed by atoms with Gasteiger partial charge in [0.1, 0.15) is 48.8 Å². The minimum Gasteiger partial charge on any atom is -0.394 e. The van der Waals surface area contributed by atoms with Crippen LogP contribution >= 0.6 is 0 Å². The zero-order valence-corrected chi connectivity index (χ0v) is 48.3. The fourth-order valence-electron chi connectivity index (χ4n) is 9.01. The number of aliphatic hydroxyl groups is 8. The van der Waals surface area contributed by atoms with Crippen molar-refractivity contribution in [2.75, 3.05) is 19.8 Å². The minimum atomic E-state index is -1.80. The van der Waals surface area contributed by atoms with Gasteiger partial charge in [-0.05, 0) is 103 Å². The third-order valence-corrected chi connectivity index (χ3v) is 13.9. The van der Waals surface area contributed by atoms with Crippen LogP contribution in [-0.4, -0.2) is 140 Å². The summed E-state index contributed by atoms with van der Waals surface area (Å²) in [6.07, 6.45) is 53.7. The number of hydrogen-bond donors (Lipinski definition) is 9. The maximum absolute atomic E-state index is 13.3. The highest BCUT2D eigenvalue weighted by atomic mass is 16.7. The monoisotopic (exact) mass is 1110 g/mol. The summed E-state index contributed by atoms with van der Waals surface area (Å²) in [4.78, 5) is 13.3. The first-order valence-electron chi connectivity index (χ1n) is 30.3. The smallest absolute Gasteiger partial charge is 0.220 e. The largest absolute Gasteiger partial charge is 0.394 e. The van der Waals surface area contributed by atoms with Crippen molar-refractivity contribution in [1.29, 1.82) is 0 Å². The van der Waals surface area contributed by atoms with Gasteiger partial charge in [-0.3, -0.25) is 4.79 Å². The summed E-state index contributed by atoms with van der Waals surface area (Å²) in [7, 11) is 0. The van der Waals surface area contributed by atoms with Crippen molar-refractivity contribution in [1.82, 2.24) is 5.32 Å². The molecule has 0 aliphatic carbocycles. The van der Waals surface area contributed by atoms with Crippen molar-refractivity contribution < 1.29 is 64.6 Å². The molecular weight excluding hydrogens is 1000 g/mol. The van der Waals surface area contributed by atoms with Crippen LogP contribution in [0.5, 0.6) is 0 Å². The lowest BCUT2D eigenvalue weighted by molar-refractivity contribution is -0.359. The van der Waals surface area contributed by atoms with Crippen LogP contribution in [0.4, 0.5) is 0 Å². The number of carbonyl (C=O) groups excluding carboxylic acids is 1. The number of ether oxygens (including phenoxy) is 4. The van der Waals surface area contributed by atoms with Gasteiger partial charge >= 0.3 is 0 Å². The van der Waals surface area contributed by atoms with Crippen molar-refractivity contribution in [2.24, 2.45) is 0 Å². The molecule has 9 N–H and O–H groups in total. The normalized spacial score (nSPS) is 25.3. The van der Waals surface area contributed by atoms with Gasteiger partial charge in [-0.25, -0.2) is 0 Å². The van der Waals surface area contributed by atoms with Crippen molar-refractivity contribution >= 4 is 5.91 Å². The van der Waals surface area contributed by atoms with Gasteiger partial charge in [0.15, 0.2) is 12.6 Å². The second-order valence-corrected chi connectivity index (χ2v) is 20.7. The molecule has 14 nitrogen and oxygen atoms in total. The highest BCUT2D eigenvalue weighted by molar-refractivity contribution is 5.76. The van der Waals surface area contributed by atoms with E-state index in [1.54, 1.807) is 6.08 Å². The van der Waals surface area contributed by atoms with Crippen LogP contribution in [-0.2, 0) is 23.7 Å². The Hall–Kier alpha value is -3.61. The van der Waals surface area contributed by atoms with Crippen LogP contribution in [0.2, 0.25) is 0 Å². The Morgan fingerprint density at radius 1 is 0.468 bits per heavy atom. The number of hydrogen-bond acceptors (Lipinski definition) is 13. The van der Waals surface area contributed by atoms with E-state index in [4.69, 9.17) is 18.9 Å². The first-order valence-corrected chi connectivity index (χ1v) is 30.3. The Balaban J connectivity index is 1.79. The van der Waals surface area contributed by atoms with Crippen molar-refractivity contribution in [3.8, 4) is 0 Å². The van der Waals surface area contributed by atoms with Gasteiger partial charge in [-0.15, -0.1) is 0 Å². The first-order chi connectivity index (χ1) is 38.6. The van der Waals surface area contributed by atoms with E-state index in [0.717, 1.165) is 103 Å². The highest BCUT2D eigenvalue weighted by Crippen LogP contribution is 2.30. The van der Waals surface area contributed by atoms with Gasteiger partial charge in [0.2, 0.25) is 5.91 Å². The Morgan fingerprint density at radius 3 is 1.39 bits per heavy atom. The Labute approximate surface area is 476 Å². The lowest BCUT2D eigenvalue weighted by Gasteiger charge is -2.46. The fourth-order valence-corrected chi connectivity index (χ4v) is 9.01. The molecule has 12 atom stereocenters. The topological polar surface area (TPSA) is 228 Å². The molecule has 1 amide bonds. The first kappa shape index (κ1) is 71.5. The lowest BCUT2D eigenvalue weighted by Crippen LogP contribution is -2.65. The van der Waals surface area contributed by atoms with E-state index in [2.05, 4.69) is 129 Å². The predicted octanol–water partition coefficient (Wildman–Crippen LogP) is 10.6. The van der Waals surface area contributed by atoms with Gasteiger partial charge < -0.3 is 65.1 Å². The summed E-state index contributed by atoms with van der Waals surface area (Å²) in [5.41, 5.74) is 0. The minimum absolute atomic E-state index is 0.239. The van der Waals surface area contributed by atoms with E-state index < -0.39 is 86.8 Å². The number of nitrogens with one attached hydrogen (secondary N) is 1. The number of amides is 1. The summed E-state index contributed by atoms with van der Waals surface area (Å²) in [5.74, 6) is -0.278. The quantitative estimate of drug-likeness (QED) is 0.0204. The molecule has 12 unspecified atom stereocenters. The van der Waals surface area contributed by atoms with Crippen molar-refractivity contribution in [2.45, 2.75) is 261 Å². The van der Waals surface area contributed by atoms with E-state index >= 15 is 0 Å². The van der Waals surface area contributed by atoms with Crippen molar-refractivity contribution in [3.05, 3.63) is 122 Å². The number of rotatable bonds is 46. The van der Waals surface area contributed by atoms with Crippen LogP contribution in [0.25, 0.3) is 0 Å². The highest BCUT2D eigenvalue weighted by Gasteiger charge is 2.51. The molecule has 2 saturated heterocycles. The van der Waals surface area contributed by atoms with Gasteiger partial charge in [0.05, 0.1) is 32.0 Å². The maximum atomic E-state index is 13.3. The van der Waals surface area contributed by atoms with E-state index in [1.165, 1.54) is 51.4 Å². The van der Waals surface area contributed by atoms with Crippen LogP contribution in [0, 0.1) is 0 Å². The van der Waals surface area contributed by atoms with Crippen LogP contribution in [0.1, 0.15) is 187 Å². The Kier molecular flexibility index (Phi) is 44.4. The van der Waals surface area contributed by atoms with E-state index in [9.17, 15) is 45.6 Å². The molecule has 2 rings (SSSR count). The number of allylic oxidation sites excluding steroid dienone is 19. The third kappa shape index (κ3) is 34.4. The maximum Gasteiger partial charge on any atom is 0.220 e. The molecule has 2 aliphatic heterocycles. The molecular formula is C65H107NO13. The van der Waals surface area contributed by atoms with Gasteiger partial charge in [-0.2, -0.15) is 0 Å². The zero-order valence-electron chi connectivity index (χ0n) is 48.3. The SMILES string of the molecule is CC/C=C\C/C=C\C/C=C\C/C=C\C/C=C\C/C=C\C/C=C\CCCCCCCC(=O)NC(COC1OC(CO)C(OC2OC(CO)C(O)C(O)C2O)C(O)C1O)C(O)/C=C/CC/C=C/CC/C=C/CCCCCCCCCC. The molecule has 14 heteroatoms. The van der Waals surface area contributed by atoms with Crippen molar-refractivity contribution in [3.63, 3.8) is 0 Å². The standard InChI is InChI=1S/C65H107NO13/c1-3-5-7-9-11-13-15-17-19-21-23-24-25-26-27-28-29-30-31-33-35-37-39-41-43-45-47-49-57(70)66-53(54(69)48-46-44-42-40-38-36-34-32-22-20-18-16-14-12-10-8-6-4-2)52-76-64-62(75)60(73)63(56(51-68)78-64)79-65-61(74)59(72)58(71)55(50-67)77-65/h5,7,11,13,17,19,22-24,26-27,29-30,32-33,35,38,40,46,48,53-56,58-65,67-69,71-75H,3-4,6,8-10,12,14-16,18,20-21,25,28,31,34,36-37,39,41-45,47,49-52H2,1-2H3,(H,66,70)/b7-5-,13-11-,19-17-,24-23-,27-26-,30-29-,32-22+,35-33-,40-38+,48-46+. The van der Waals surface area contributed by atoms with Crippen LogP contribution in [0.3, 0.4) is 0 Å². The molecule has 0 saturated carbocycles. The van der Waals surface area contributed by atoms with Gasteiger partial charge in [-0.1, -0.05) is 200 Å². The molecule has 79 heavy (non-hydrogen) atoms. The second-order valence-electron chi connectivity index (χ2n) is 20.7. The fraction of sp³-hybridized carbons (Fsp3) is 0.677. The summed E-state index contributed by atoms with van der Waals surface area (Å²) < 4.78 is 22.7. The molecule has 2 heterocycles. The van der Waals surface area contributed by atoms with E-state index in [-0.39, 0.29) is 18.9 Å². The second kappa shape index (κ2) is 49.0. The van der Waals surface area contributed by atoms with E-state index in [0.29, 0.717) is 12.8 Å².